The molecule has 0 saturated heterocycles. The number of hydrogen-bond acceptors (Lipinski definition) is 2. The maximum Gasteiger partial charge on any atom is 0.0106 e. The summed E-state index contributed by atoms with van der Waals surface area (Å²) in [6, 6.07) is 15.3. The third-order valence-corrected chi connectivity index (χ3v) is 4.16. The smallest absolute Gasteiger partial charge is 0.0106 e. The molecule has 1 nitrogen and oxygen atoms in total. The lowest BCUT2D eigenvalue weighted by atomic mass is 10.1. The molecule has 0 heterocycles. The van der Waals surface area contributed by atoms with Crippen LogP contribution in [0.25, 0.3) is 10.8 Å². The largest absolute Gasteiger partial charge is 0.316 e. The van der Waals surface area contributed by atoms with Crippen LogP contribution in [-0.4, -0.2) is 18.8 Å². The zero-order chi connectivity index (χ0) is 13.5. The monoisotopic (exact) mass is 273 g/mol. The van der Waals surface area contributed by atoms with Gasteiger partial charge in [0.15, 0.2) is 0 Å². The van der Waals surface area contributed by atoms with Gasteiger partial charge in [-0.05, 0) is 41.8 Å². The molecule has 2 aromatic rings. The Labute approximate surface area is 120 Å². The van der Waals surface area contributed by atoms with E-state index in [1.54, 1.807) is 0 Å². The molecular weight excluding hydrogens is 250 g/mol. The number of hydrogen-bond donors (Lipinski definition) is 1. The van der Waals surface area contributed by atoms with Gasteiger partial charge in [-0.25, -0.2) is 0 Å². The molecule has 0 aliphatic rings. The van der Waals surface area contributed by atoms with E-state index in [2.05, 4.69) is 61.6 Å². The van der Waals surface area contributed by atoms with Gasteiger partial charge in [0.1, 0.15) is 0 Å². The number of benzene rings is 2. The first-order chi connectivity index (χ1) is 9.25. The maximum atomic E-state index is 3.50. The Bertz CT molecular complexity index is 507. The molecule has 2 heteroatoms. The summed E-state index contributed by atoms with van der Waals surface area (Å²) in [6.45, 7) is 6.76. The second kappa shape index (κ2) is 7.56. The van der Waals surface area contributed by atoms with Crippen LogP contribution in [0.5, 0.6) is 0 Å². The van der Waals surface area contributed by atoms with Gasteiger partial charge in [0, 0.05) is 17.2 Å². The van der Waals surface area contributed by atoms with E-state index in [9.17, 15) is 0 Å². The van der Waals surface area contributed by atoms with Gasteiger partial charge in [-0.2, -0.15) is 0 Å². The minimum absolute atomic E-state index is 0.792. The lowest BCUT2D eigenvalue weighted by Crippen LogP contribution is -2.19. The molecule has 19 heavy (non-hydrogen) atoms. The first-order valence-corrected chi connectivity index (χ1v) is 8.06. The van der Waals surface area contributed by atoms with E-state index >= 15 is 0 Å². The molecule has 0 amide bonds. The second-order valence-electron chi connectivity index (χ2n) is 5.29. The van der Waals surface area contributed by atoms with Gasteiger partial charge >= 0.3 is 0 Å². The molecule has 0 atom stereocenters. The fraction of sp³-hybridized carbons (Fsp3) is 0.412. The number of thioether (sulfide) groups is 1. The van der Waals surface area contributed by atoms with Crippen molar-refractivity contribution in [3.05, 3.63) is 42.5 Å². The molecule has 0 unspecified atom stereocenters. The van der Waals surface area contributed by atoms with Crippen molar-refractivity contribution in [1.29, 1.82) is 0 Å². The summed E-state index contributed by atoms with van der Waals surface area (Å²) in [5.74, 6) is 1.93. The van der Waals surface area contributed by atoms with Crippen LogP contribution in [0.3, 0.4) is 0 Å². The molecule has 2 rings (SSSR count). The Balaban J connectivity index is 1.75. The molecule has 0 aliphatic heterocycles. The normalized spacial score (nSPS) is 11.3. The van der Waals surface area contributed by atoms with Crippen molar-refractivity contribution in [2.75, 3.05) is 18.8 Å². The quantitative estimate of drug-likeness (QED) is 0.586. The Hall–Kier alpha value is -0.990. The summed E-state index contributed by atoms with van der Waals surface area (Å²) in [4.78, 5) is 1.37. The highest BCUT2D eigenvalue weighted by atomic mass is 32.2. The van der Waals surface area contributed by atoms with Gasteiger partial charge < -0.3 is 5.32 Å². The van der Waals surface area contributed by atoms with E-state index in [4.69, 9.17) is 0 Å². The summed E-state index contributed by atoms with van der Waals surface area (Å²) in [7, 11) is 0. The fourth-order valence-corrected chi connectivity index (χ4v) is 2.87. The van der Waals surface area contributed by atoms with Crippen molar-refractivity contribution in [2.24, 2.45) is 5.92 Å². The summed E-state index contributed by atoms with van der Waals surface area (Å²) >= 11 is 1.93. The van der Waals surface area contributed by atoms with E-state index < -0.39 is 0 Å². The van der Waals surface area contributed by atoms with Crippen LogP contribution < -0.4 is 5.32 Å². The third kappa shape index (κ3) is 4.88. The number of nitrogens with one attached hydrogen (secondary N) is 1. The third-order valence-electron chi connectivity index (χ3n) is 3.17. The fourth-order valence-electron chi connectivity index (χ4n) is 2.01. The lowest BCUT2D eigenvalue weighted by Gasteiger charge is -2.07. The van der Waals surface area contributed by atoms with Crippen molar-refractivity contribution in [2.45, 2.75) is 25.2 Å². The van der Waals surface area contributed by atoms with Crippen LogP contribution in [0.15, 0.2) is 47.4 Å². The van der Waals surface area contributed by atoms with Crippen LogP contribution in [0.2, 0.25) is 0 Å². The molecule has 0 radical (unpaired) electrons. The van der Waals surface area contributed by atoms with Crippen LogP contribution >= 0.6 is 11.8 Å². The molecule has 0 aromatic heterocycles. The molecule has 2 aromatic carbocycles. The van der Waals surface area contributed by atoms with Gasteiger partial charge in [0.25, 0.3) is 0 Å². The van der Waals surface area contributed by atoms with E-state index in [-0.39, 0.29) is 0 Å². The number of fused-ring (bicyclic) bond motifs is 1. The van der Waals surface area contributed by atoms with Crippen molar-refractivity contribution in [3.63, 3.8) is 0 Å². The van der Waals surface area contributed by atoms with Gasteiger partial charge in [-0.15, -0.1) is 11.8 Å². The number of rotatable bonds is 7. The molecule has 1 N–H and O–H groups in total. The van der Waals surface area contributed by atoms with Crippen LogP contribution in [0.1, 0.15) is 20.3 Å². The molecule has 102 valence electrons. The molecule has 0 aliphatic carbocycles. The maximum absolute atomic E-state index is 3.50. The van der Waals surface area contributed by atoms with Gasteiger partial charge in [0.05, 0.1) is 0 Å². The van der Waals surface area contributed by atoms with Crippen molar-refractivity contribution >= 4 is 22.5 Å². The lowest BCUT2D eigenvalue weighted by molar-refractivity contribution is 0.547. The summed E-state index contributed by atoms with van der Waals surface area (Å²) in [6.07, 6.45) is 1.26. The Morgan fingerprint density at radius 1 is 1.00 bits per heavy atom. The van der Waals surface area contributed by atoms with Gasteiger partial charge in [0.2, 0.25) is 0 Å². The molecule has 0 spiro atoms. The van der Waals surface area contributed by atoms with E-state index in [0.717, 1.165) is 24.8 Å². The van der Waals surface area contributed by atoms with Crippen molar-refractivity contribution in [3.8, 4) is 0 Å². The van der Waals surface area contributed by atoms with Gasteiger partial charge in [-0.1, -0.05) is 44.2 Å². The summed E-state index contributed by atoms with van der Waals surface area (Å²) in [5, 5.41) is 6.16. The molecule has 0 saturated carbocycles. The van der Waals surface area contributed by atoms with Crippen LogP contribution in [0.4, 0.5) is 0 Å². The molecule has 0 fully saturated rings. The van der Waals surface area contributed by atoms with E-state index in [1.807, 2.05) is 11.8 Å². The highest BCUT2D eigenvalue weighted by Crippen LogP contribution is 2.23. The standard InChI is InChI=1S/C17H23NS/c1-14(2)9-10-18-11-12-19-17-8-7-15-5-3-4-6-16(15)13-17/h3-8,13-14,18H,9-12H2,1-2H3. The SMILES string of the molecule is CC(C)CCNCCSc1ccc2ccccc2c1. The average molecular weight is 273 g/mol. The zero-order valence-corrected chi connectivity index (χ0v) is 12.7. The second-order valence-corrected chi connectivity index (χ2v) is 6.46. The molecule has 0 bridgehead atoms. The minimum Gasteiger partial charge on any atom is -0.316 e. The van der Waals surface area contributed by atoms with Crippen molar-refractivity contribution in [1.82, 2.24) is 5.32 Å². The molecular formula is C17H23NS. The minimum atomic E-state index is 0.792. The zero-order valence-electron chi connectivity index (χ0n) is 11.9. The summed E-state index contributed by atoms with van der Waals surface area (Å²) < 4.78 is 0. The Morgan fingerprint density at radius 3 is 2.58 bits per heavy atom. The highest BCUT2D eigenvalue weighted by Gasteiger charge is 1.97. The highest BCUT2D eigenvalue weighted by molar-refractivity contribution is 7.99. The Morgan fingerprint density at radius 2 is 1.79 bits per heavy atom. The predicted molar refractivity (Wildman–Crippen MR) is 87.0 cm³/mol. The van der Waals surface area contributed by atoms with Gasteiger partial charge in [-0.3, -0.25) is 0 Å². The van der Waals surface area contributed by atoms with Crippen LogP contribution in [-0.2, 0) is 0 Å². The first-order valence-electron chi connectivity index (χ1n) is 7.08. The first kappa shape index (κ1) is 14.4. The van der Waals surface area contributed by atoms with Crippen LogP contribution in [0, 0.1) is 5.92 Å². The van der Waals surface area contributed by atoms with Crippen molar-refractivity contribution < 1.29 is 0 Å². The van der Waals surface area contributed by atoms with E-state index in [1.165, 1.54) is 22.1 Å². The Kier molecular flexibility index (Phi) is 5.74. The summed E-state index contributed by atoms with van der Waals surface area (Å²) in [5.41, 5.74) is 0. The topological polar surface area (TPSA) is 12.0 Å². The average Bonchev–Trinajstić information content (AvgIpc) is 2.42. The van der Waals surface area contributed by atoms with E-state index in [0.29, 0.717) is 0 Å². The predicted octanol–water partition coefficient (Wildman–Crippen LogP) is 4.57.